The monoisotopic (exact) mass is 232 g/mol. The molecule has 1 N–H and O–H groups in total. The predicted molar refractivity (Wildman–Crippen MR) is 61.8 cm³/mol. The van der Waals surface area contributed by atoms with Gasteiger partial charge in [-0.15, -0.1) is 0 Å². The molecule has 0 radical (unpaired) electrons. The first-order valence-corrected chi connectivity index (χ1v) is 5.12. The van der Waals surface area contributed by atoms with Crippen LogP contribution in [0.2, 0.25) is 0 Å². The zero-order chi connectivity index (χ0) is 12.3. The van der Waals surface area contributed by atoms with Crippen LogP contribution in [0.4, 0.5) is 0 Å². The van der Waals surface area contributed by atoms with Gasteiger partial charge in [-0.25, -0.2) is 4.79 Å². The summed E-state index contributed by atoms with van der Waals surface area (Å²) in [6.45, 7) is 0.235. The van der Waals surface area contributed by atoms with Crippen LogP contribution in [0.3, 0.4) is 0 Å². The molecule has 17 heavy (non-hydrogen) atoms. The van der Waals surface area contributed by atoms with Crippen LogP contribution in [0.15, 0.2) is 41.0 Å². The predicted octanol–water partition coefficient (Wildman–Crippen LogP) is 2.79. The number of methoxy groups -OCH3 is 1. The van der Waals surface area contributed by atoms with E-state index >= 15 is 0 Å². The summed E-state index contributed by atoms with van der Waals surface area (Å²) in [5, 5.41) is 9.13. The average Bonchev–Trinajstić information content (AvgIpc) is 2.83. The number of carboxylic acids is 1. The van der Waals surface area contributed by atoms with E-state index in [4.69, 9.17) is 14.3 Å². The van der Waals surface area contributed by atoms with Crippen molar-refractivity contribution in [3.8, 4) is 11.3 Å². The van der Waals surface area contributed by atoms with E-state index in [9.17, 15) is 4.79 Å². The lowest BCUT2D eigenvalue weighted by atomic mass is 10.00. The molecule has 1 heterocycles. The highest BCUT2D eigenvalue weighted by molar-refractivity contribution is 5.91. The first-order valence-electron chi connectivity index (χ1n) is 5.12. The van der Waals surface area contributed by atoms with E-state index in [1.807, 2.05) is 6.07 Å². The van der Waals surface area contributed by atoms with Crippen molar-refractivity contribution in [1.29, 1.82) is 0 Å². The van der Waals surface area contributed by atoms with E-state index in [0.29, 0.717) is 11.3 Å². The summed E-state index contributed by atoms with van der Waals surface area (Å²) < 4.78 is 10.3. The number of benzene rings is 1. The molecule has 4 heteroatoms. The molecule has 0 aliphatic heterocycles. The van der Waals surface area contributed by atoms with Crippen molar-refractivity contribution in [3.05, 3.63) is 47.7 Å². The van der Waals surface area contributed by atoms with E-state index in [1.54, 1.807) is 30.5 Å². The summed E-state index contributed by atoms with van der Waals surface area (Å²) >= 11 is 0. The minimum atomic E-state index is -0.967. The molecular formula is C13H12O4. The molecular weight excluding hydrogens is 220 g/mol. The number of carboxylic acid groups (broad SMARTS) is 1. The van der Waals surface area contributed by atoms with E-state index in [0.717, 1.165) is 5.56 Å². The van der Waals surface area contributed by atoms with Crippen molar-refractivity contribution in [3.63, 3.8) is 0 Å². The minimum absolute atomic E-state index is 0.235. The van der Waals surface area contributed by atoms with Gasteiger partial charge in [0.1, 0.15) is 5.76 Å². The molecule has 0 saturated carbocycles. The summed E-state index contributed by atoms with van der Waals surface area (Å²) in [5.41, 5.74) is 1.61. The molecule has 0 unspecified atom stereocenters. The van der Waals surface area contributed by atoms with Gasteiger partial charge in [-0.2, -0.15) is 0 Å². The normalized spacial score (nSPS) is 10.4. The van der Waals surface area contributed by atoms with Crippen molar-refractivity contribution >= 4 is 5.97 Å². The Bertz CT molecular complexity index is 514. The van der Waals surface area contributed by atoms with Crippen molar-refractivity contribution in [1.82, 2.24) is 0 Å². The highest BCUT2D eigenvalue weighted by atomic mass is 16.5. The largest absolute Gasteiger partial charge is 0.478 e. The Kier molecular flexibility index (Phi) is 3.25. The van der Waals surface area contributed by atoms with Gasteiger partial charge in [0.25, 0.3) is 0 Å². The molecule has 0 fully saturated rings. The van der Waals surface area contributed by atoms with Gasteiger partial charge in [-0.1, -0.05) is 12.1 Å². The summed E-state index contributed by atoms with van der Waals surface area (Å²) in [4.78, 5) is 11.1. The maximum atomic E-state index is 11.1. The highest BCUT2D eigenvalue weighted by Crippen LogP contribution is 2.27. The second-order valence-electron chi connectivity index (χ2n) is 3.55. The van der Waals surface area contributed by atoms with Crippen LogP contribution in [-0.2, 0) is 11.3 Å². The molecule has 0 spiro atoms. The number of hydrogen-bond donors (Lipinski definition) is 1. The molecule has 0 aliphatic rings. The van der Waals surface area contributed by atoms with Crippen LogP contribution >= 0.6 is 0 Å². The summed E-state index contributed by atoms with van der Waals surface area (Å²) in [5.74, 6) is -0.328. The van der Waals surface area contributed by atoms with Crippen LogP contribution in [-0.4, -0.2) is 18.2 Å². The zero-order valence-electron chi connectivity index (χ0n) is 9.34. The zero-order valence-corrected chi connectivity index (χ0v) is 9.34. The quantitative estimate of drug-likeness (QED) is 0.880. The molecule has 0 atom stereocenters. The summed E-state index contributed by atoms with van der Waals surface area (Å²) in [6, 6.07) is 8.63. The van der Waals surface area contributed by atoms with Crippen molar-refractivity contribution in [2.45, 2.75) is 6.61 Å². The number of aromatic carboxylic acids is 1. The Hall–Kier alpha value is -2.07. The van der Waals surface area contributed by atoms with Crippen molar-refractivity contribution < 1.29 is 19.1 Å². The molecule has 1 aromatic carbocycles. The van der Waals surface area contributed by atoms with E-state index < -0.39 is 5.97 Å². The van der Waals surface area contributed by atoms with E-state index in [1.165, 1.54) is 7.11 Å². The highest BCUT2D eigenvalue weighted by Gasteiger charge is 2.15. The van der Waals surface area contributed by atoms with Gasteiger partial charge in [0.05, 0.1) is 18.4 Å². The topological polar surface area (TPSA) is 59.7 Å². The van der Waals surface area contributed by atoms with Crippen LogP contribution in [0.1, 0.15) is 15.9 Å². The van der Waals surface area contributed by atoms with Gasteiger partial charge in [-0.3, -0.25) is 0 Å². The second kappa shape index (κ2) is 4.84. The first-order chi connectivity index (χ1) is 8.24. The Labute approximate surface area is 98.4 Å². The van der Waals surface area contributed by atoms with E-state index in [-0.39, 0.29) is 12.2 Å². The fourth-order valence-electron chi connectivity index (χ4n) is 1.75. The third kappa shape index (κ3) is 2.21. The Morgan fingerprint density at radius 3 is 2.76 bits per heavy atom. The van der Waals surface area contributed by atoms with Crippen molar-refractivity contribution in [2.75, 3.05) is 7.11 Å². The maximum Gasteiger partial charge on any atom is 0.336 e. The van der Waals surface area contributed by atoms with Gasteiger partial charge in [0.15, 0.2) is 0 Å². The standard InChI is InChI=1S/C13H12O4/c1-16-8-11-9(12-6-3-7-17-12)4-2-5-10(11)13(14)15/h2-7H,8H2,1H3,(H,14,15). The number of hydrogen-bond acceptors (Lipinski definition) is 3. The molecule has 2 aromatic rings. The molecule has 0 bridgehead atoms. The van der Waals surface area contributed by atoms with Crippen LogP contribution in [0, 0.1) is 0 Å². The SMILES string of the molecule is COCc1c(C(=O)O)cccc1-c1ccco1. The lowest BCUT2D eigenvalue weighted by Crippen LogP contribution is -2.05. The molecule has 0 aliphatic carbocycles. The van der Waals surface area contributed by atoms with Crippen LogP contribution in [0.25, 0.3) is 11.3 Å². The fraction of sp³-hybridized carbons (Fsp3) is 0.154. The number of rotatable bonds is 4. The van der Waals surface area contributed by atoms with Crippen molar-refractivity contribution in [2.24, 2.45) is 0 Å². The number of carbonyl (C=O) groups is 1. The molecule has 0 saturated heterocycles. The Balaban J connectivity index is 2.58. The van der Waals surface area contributed by atoms with Gasteiger partial charge in [-0.05, 0) is 18.2 Å². The lowest BCUT2D eigenvalue weighted by molar-refractivity contribution is 0.0692. The average molecular weight is 232 g/mol. The van der Waals surface area contributed by atoms with Crippen LogP contribution < -0.4 is 0 Å². The minimum Gasteiger partial charge on any atom is -0.478 e. The smallest absolute Gasteiger partial charge is 0.336 e. The second-order valence-corrected chi connectivity index (χ2v) is 3.55. The molecule has 4 nitrogen and oxygen atoms in total. The molecule has 2 rings (SSSR count). The van der Waals surface area contributed by atoms with Gasteiger partial charge in [0.2, 0.25) is 0 Å². The first kappa shape index (κ1) is 11.4. The third-order valence-electron chi connectivity index (χ3n) is 2.48. The Morgan fingerprint density at radius 2 is 2.18 bits per heavy atom. The fourth-order valence-corrected chi connectivity index (χ4v) is 1.75. The number of furan rings is 1. The van der Waals surface area contributed by atoms with Gasteiger partial charge < -0.3 is 14.3 Å². The van der Waals surface area contributed by atoms with E-state index in [2.05, 4.69) is 0 Å². The number of ether oxygens (including phenoxy) is 1. The molecule has 0 amide bonds. The maximum absolute atomic E-state index is 11.1. The molecule has 1 aromatic heterocycles. The van der Waals surface area contributed by atoms with Gasteiger partial charge in [0, 0.05) is 18.2 Å². The lowest BCUT2D eigenvalue weighted by Gasteiger charge is -2.09. The third-order valence-corrected chi connectivity index (χ3v) is 2.48. The summed E-state index contributed by atoms with van der Waals surface area (Å²) in [6.07, 6.45) is 1.55. The van der Waals surface area contributed by atoms with Crippen LogP contribution in [0.5, 0.6) is 0 Å². The Morgan fingerprint density at radius 1 is 1.35 bits per heavy atom. The van der Waals surface area contributed by atoms with Gasteiger partial charge >= 0.3 is 5.97 Å². The summed E-state index contributed by atoms with van der Waals surface area (Å²) in [7, 11) is 1.53. The molecule has 88 valence electrons.